The number of rotatable bonds is 4. The lowest BCUT2D eigenvalue weighted by Crippen LogP contribution is -2.28. The number of nitrogens with zero attached hydrogens (tertiary/aromatic N) is 3. The first kappa shape index (κ1) is 17.5. The molecule has 27 heavy (non-hydrogen) atoms. The van der Waals surface area contributed by atoms with Crippen molar-refractivity contribution in [3.05, 3.63) is 69.7 Å². The summed E-state index contributed by atoms with van der Waals surface area (Å²) >= 11 is 1.73. The summed E-state index contributed by atoms with van der Waals surface area (Å²) in [4.78, 5) is 27.9. The molecule has 0 bridgehead atoms. The Labute approximate surface area is 161 Å². The molecule has 1 aliphatic rings. The summed E-state index contributed by atoms with van der Waals surface area (Å²) in [7, 11) is 0. The van der Waals surface area contributed by atoms with Crippen LogP contribution in [-0.2, 0) is 0 Å². The number of likely N-dealkylation sites (tertiary alicyclic amines) is 1. The molecule has 2 N–H and O–H groups in total. The van der Waals surface area contributed by atoms with Crippen LogP contribution >= 0.6 is 11.3 Å². The average molecular weight is 380 g/mol. The van der Waals surface area contributed by atoms with Gasteiger partial charge in [0.05, 0.1) is 5.69 Å². The average Bonchev–Trinajstić information content (AvgIpc) is 3.40. The molecule has 1 unspecified atom stereocenters. The summed E-state index contributed by atoms with van der Waals surface area (Å²) in [5, 5.41) is 6.54. The number of benzene rings is 1. The van der Waals surface area contributed by atoms with Gasteiger partial charge in [0.1, 0.15) is 5.69 Å². The molecule has 1 aromatic carbocycles. The molecule has 6 nitrogen and oxygen atoms in total. The third kappa shape index (κ3) is 3.38. The molecule has 0 aliphatic carbocycles. The van der Waals surface area contributed by atoms with Gasteiger partial charge in [0, 0.05) is 30.0 Å². The second-order valence-electron chi connectivity index (χ2n) is 6.75. The van der Waals surface area contributed by atoms with Crippen LogP contribution < -0.4 is 5.73 Å². The van der Waals surface area contributed by atoms with Crippen molar-refractivity contribution in [2.75, 3.05) is 13.1 Å². The number of primary amides is 1. The topological polar surface area (TPSA) is 81.2 Å². The fraction of sp³-hybridized carbons (Fsp3) is 0.250. The Balaban J connectivity index is 1.58. The monoisotopic (exact) mass is 380 g/mol. The number of hydrogen-bond acceptors (Lipinski definition) is 4. The largest absolute Gasteiger partial charge is 0.364 e. The molecule has 1 fully saturated rings. The van der Waals surface area contributed by atoms with E-state index in [1.54, 1.807) is 16.2 Å². The van der Waals surface area contributed by atoms with Crippen molar-refractivity contribution in [1.82, 2.24) is 14.7 Å². The summed E-state index contributed by atoms with van der Waals surface area (Å²) in [6, 6.07) is 12.9. The van der Waals surface area contributed by atoms with Gasteiger partial charge in [0.2, 0.25) is 0 Å². The van der Waals surface area contributed by atoms with Crippen LogP contribution in [0.3, 0.4) is 0 Å². The number of para-hydroxylation sites is 1. The van der Waals surface area contributed by atoms with Gasteiger partial charge in [-0.25, -0.2) is 4.68 Å². The first-order valence-electron chi connectivity index (χ1n) is 8.82. The van der Waals surface area contributed by atoms with E-state index in [2.05, 4.69) is 23.5 Å². The zero-order chi connectivity index (χ0) is 19.0. The molecule has 3 heterocycles. The quantitative estimate of drug-likeness (QED) is 0.755. The highest BCUT2D eigenvalue weighted by molar-refractivity contribution is 7.10. The number of thiophene rings is 1. The maximum absolute atomic E-state index is 12.9. The van der Waals surface area contributed by atoms with Crippen molar-refractivity contribution in [3.8, 4) is 5.69 Å². The van der Waals surface area contributed by atoms with Crippen LogP contribution in [0.1, 0.15) is 43.8 Å². The normalized spacial score (nSPS) is 16.6. The van der Waals surface area contributed by atoms with Crippen LogP contribution in [-0.4, -0.2) is 39.6 Å². The van der Waals surface area contributed by atoms with E-state index in [1.165, 1.54) is 21.2 Å². The van der Waals surface area contributed by atoms with Crippen molar-refractivity contribution in [3.63, 3.8) is 0 Å². The van der Waals surface area contributed by atoms with E-state index in [1.807, 2.05) is 30.3 Å². The van der Waals surface area contributed by atoms with Crippen LogP contribution in [0.25, 0.3) is 5.69 Å². The lowest BCUT2D eigenvalue weighted by molar-refractivity contribution is 0.0784. The van der Waals surface area contributed by atoms with Gasteiger partial charge in [-0.2, -0.15) is 5.10 Å². The van der Waals surface area contributed by atoms with Crippen LogP contribution in [0, 0.1) is 6.92 Å². The van der Waals surface area contributed by atoms with E-state index < -0.39 is 5.91 Å². The summed E-state index contributed by atoms with van der Waals surface area (Å²) in [5.74, 6) is -0.425. The molecule has 138 valence electrons. The number of carbonyl (C=O) groups excluding carboxylic acids is 2. The molecule has 0 spiro atoms. The highest BCUT2D eigenvalue weighted by atomic mass is 32.1. The van der Waals surface area contributed by atoms with Crippen LogP contribution in [0.15, 0.2) is 47.8 Å². The molecule has 3 aromatic rings. The first-order chi connectivity index (χ1) is 13.0. The summed E-state index contributed by atoms with van der Waals surface area (Å²) in [6.07, 6.45) is 0.935. The highest BCUT2D eigenvalue weighted by Gasteiger charge is 2.30. The molecule has 1 atom stereocenters. The fourth-order valence-corrected chi connectivity index (χ4v) is 4.27. The Morgan fingerprint density at radius 2 is 2.00 bits per heavy atom. The lowest BCUT2D eigenvalue weighted by atomic mass is 10.0. The summed E-state index contributed by atoms with van der Waals surface area (Å²) in [5.41, 5.74) is 7.93. The van der Waals surface area contributed by atoms with Crippen molar-refractivity contribution in [2.45, 2.75) is 19.3 Å². The Bertz CT molecular complexity index is 993. The summed E-state index contributed by atoms with van der Waals surface area (Å²) in [6.45, 7) is 3.44. The van der Waals surface area contributed by atoms with Gasteiger partial charge in [-0.1, -0.05) is 18.2 Å². The van der Waals surface area contributed by atoms with E-state index in [-0.39, 0.29) is 17.3 Å². The molecule has 1 saturated heterocycles. The number of hydrogen-bond donors (Lipinski definition) is 1. The predicted molar refractivity (Wildman–Crippen MR) is 104 cm³/mol. The van der Waals surface area contributed by atoms with E-state index in [4.69, 9.17) is 5.73 Å². The van der Waals surface area contributed by atoms with Gasteiger partial charge in [-0.3, -0.25) is 9.59 Å². The third-order valence-corrected chi connectivity index (χ3v) is 5.76. The Morgan fingerprint density at radius 3 is 2.67 bits per heavy atom. The molecular formula is C20H20N4O2S. The van der Waals surface area contributed by atoms with Gasteiger partial charge in [-0.05, 0) is 42.5 Å². The van der Waals surface area contributed by atoms with Crippen LogP contribution in [0.5, 0.6) is 0 Å². The number of carbonyl (C=O) groups is 2. The molecule has 0 radical (unpaired) electrons. The number of aryl methyl sites for hydroxylation is 1. The number of aromatic nitrogens is 2. The van der Waals surface area contributed by atoms with E-state index in [0.29, 0.717) is 24.7 Å². The maximum Gasteiger partial charge on any atom is 0.274 e. The Kier molecular flexibility index (Phi) is 4.53. The highest BCUT2D eigenvalue weighted by Crippen LogP contribution is 2.31. The van der Waals surface area contributed by atoms with Crippen molar-refractivity contribution in [1.29, 1.82) is 0 Å². The van der Waals surface area contributed by atoms with E-state index >= 15 is 0 Å². The number of amides is 2. The standard InChI is InChI=1S/C20H20N4O2S/c1-13-9-15(12-27-13)14-7-8-23(11-14)20(26)17-10-18(19(21)25)24(22-17)16-5-3-2-4-6-16/h2-6,9-10,12,14H,7-8,11H2,1H3,(H2,21,25). The van der Waals surface area contributed by atoms with Crippen molar-refractivity contribution in [2.24, 2.45) is 5.73 Å². The molecule has 2 amide bonds. The van der Waals surface area contributed by atoms with Crippen LogP contribution in [0.4, 0.5) is 0 Å². The third-order valence-electron chi connectivity index (χ3n) is 4.88. The molecule has 4 rings (SSSR count). The smallest absolute Gasteiger partial charge is 0.274 e. The SMILES string of the molecule is Cc1cc(C2CCN(C(=O)c3cc(C(N)=O)n(-c4ccccc4)n3)C2)cs1. The van der Waals surface area contributed by atoms with Crippen molar-refractivity contribution >= 4 is 23.2 Å². The van der Waals surface area contributed by atoms with Gasteiger partial charge in [0.25, 0.3) is 11.8 Å². The lowest BCUT2D eigenvalue weighted by Gasteiger charge is -2.14. The number of nitrogens with two attached hydrogens (primary N) is 1. The van der Waals surface area contributed by atoms with E-state index in [9.17, 15) is 9.59 Å². The van der Waals surface area contributed by atoms with E-state index in [0.717, 1.165) is 6.42 Å². The predicted octanol–water partition coefficient (Wildman–Crippen LogP) is 2.97. The van der Waals surface area contributed by atoms with Crippen LogP contribution in [0.2, 0.25) is 0 Å². The van der Waals surface area contributed by atoms with Gasteiger partial charge < -0.3 is 10.6 Å². The van der Waals surface area contributed by atoms with Gasteiger partial charge in [-0.15, -0.1) is 11.3 Å². The molecular weight excluding hydrogens is 360 g/mol. The Hall–Kier alpha value is -2.93. The minimum Gasteiger partial charge on any atom is -0.364 e. The fourth-order valence-electron chi connectivity index (χ4n) is 3.48. The second kappa shape index (κ2) is 7.00. The zero-order valence-corrected chi connectivity index (χ0v) is 15.8. The minimum absolute atomic E-state index is 0.165. The molecule has 2 aromatic heterocycles. The maximum atomic E-state index is 12.9. The second-order valence-corrected chi connectivity index (χ2v) is 7.87. The molecule has 0 saturated carbocycles. The summed E-state index contributed by atoms with van der Waals surface area (Å²) < 4.78 is 1.44. The Morgan fingerprint density at radius 1 is 1.22 bits per heavy atom. The van der Waals surface area contributed by atoms with Gasteiger partial charge in [0.15, 0.2) is 5.69 Å². The van der Waals surface area contributed by atoms with Crippen molar-refractivity contribution < 1.29 is 9.59 Å². The molecule has 1 aliphatic heterocycles. The minimum atomic E-state index is -0.613. The molecule has 7 heteroatoms. The zero-order valence-electron chi connectivity index (χ0n) is 15.0. The van der Waals surface area contributed by atoms with Gasteiger partial charge >= 0.3 is 0 Å². The first-order valence-corrected chi connectivity index (χ1v) is 9.70.